The Morgan fingerprint density at radius 2 is 1.93 bits per heavy atom. The molecule has 0 amide bonds. The highest BCUT2D eigenvalue weighted by Gasteiger charge is 2.11. The van der Waals surface area contributed by atoms with Gasteiger partial charge in [-0.05, 0) is 25.3 Å². The van der Waals surface area contributed by atoms with Gasteiger partial charge in [-0.15, -0.1) is 0 Å². The van der Waals surface area contributed by atoms with E-state index in [1.165, 1.54) is 0 Å². The third-order valence-electron chi connectivity index (χ3n) is 2.25. The van der Waals surface area contributed by atoms with Gasteiger partial charge in [0.05, 0.1) is 12.7 Å². The number of aliphatic hydroxyl groups excluding tert-OH is 1. The van der Waals surface area contributed by atoms with Gasteiger partial charge in [0.15, 0.2) is 0 Å². The Morgan fingerprint density at radius 3 is 2.47 bits per heavy atom. The summed E-state index contributed by atoms with van der Waals surface area (Å²) in [6.45, 7) is 8.67. The molecule has 1 N–H and O–H groups in total. The molecular weight excluding hydrogens is 188 g/mol. The number of ether oxygens (including phenoxy) is 1. The molecule has 1 unspecified atom stereocenters. The standard InChI is InChI=1S/C13H20O2/c1-9(2)8-15-13-10(3)6-5-7-12(13)11(4)14/h5-7,9,11,14H,8H2,1-4H3. The lowest BCUT2D eigenvalue weighted by atomic mass is 10.1. The fourth-order valence-electron chi connectivity index (χ4n) is 1.45. The van der Waals surface area contributed by atoms with E-state index in [9.17, 15) is 5.11 Å². The molecule has 0 spiro atoms. The van der Waals surface area contributed by atoms with Gasteiger partial charge < -0.3 is 9.84 Å². The molecule has 0 radical (unpaired) electrons. The molecule has 15 heavy (non-hydrogen) atoms. The minimum atomic E-state index is -0.480. The molecule has 1 atom stereocenters. The Kier molecular flexibility index (Phi) is 4.15. The van der Waals surface area contributed by atoms with Crippen molar-refractivity contribution in [2.24, 2.45) is 5.92 Å². The zero-order valence-electron chi connectivity index (χ0n) is 9.95. The second kappa shape index (κ2) is 5.17. The first kappa shape index (κ1) is 12.1. The molecule has 0 aromatic heterocycles. The first-order chi connectivity index (χ1) is 7.02. The fourth-order valence-corrected chi connectivity index (χ4v) is 1.45. The van der Waals surface area contributed by atoms with Gasteiger partial charge in [0.1, 0.15) is 5.75 Å². The van der Waals surface area contributed by atoms with Gasteiger partial charge in [0.25, 0.3) is 0 Å². The summed E-state index contributed by atoms with van der Waals surface area (Å²) in [6, 6.07) is 5.86. The van der Waals surface area contributed by atoms with E-state index in [0.717, 1.165) is 16.9 Å². The predicted molar refractivity (Wildman–Crippen MR) is 62.1 cm³/mol. The van der Waals surface area contributed by atoms with Gasteiger partial charge >= 0.3 is 0 Å². The molecular formula is C13H20O2. The first-order valence-electron chi connectivity index (χ1n) is 5.42. The molecule has 0 fully saturated rings. The molecule has 0 heterocycles. The van der Waals surface area contributed by atoms with Crippen LogP contribution < -0.4 is 4.74 Å². The van der Waals surface area contributed by atoms with Gasteiger partial charge in [-0.3, -0.25) is 0 Å². The predicted octanol–water partition coefficient (Wildman–Crippen LogP) is 3.08. The maximum absolute atomic E-state index is 9.61. The van der Waals surface area contributed by atoms with Crippen LogP contribution >= 0.6 is 0 Å². The highest BCUT2D eigenvalue weighted by Crippen LogP contribution is 2.28. The van der Waals surface area contributed by atoms with Crippen LogP contribution in [0.3, 0.4) is 0 Å². The molecule has 1 aromatic carbocycles. The Bertz CT molecular complexity index is 316. The largest absolute Gasteiger partial charge is 0.493 e. The van der Waals surface area contributed by atoms with Gasteiger partial charge in [-0.2, -0.15) is 0 Å². The summed E-state index contributed by atoms with van der Waals surface area (Å²) in [5.74, 6) is 1.33. The molecule has 0 bridgehead atoms. The molecule has 84 valence electrons. The van der Waals surface area contributed by atoms with E-state index in [1.807, 2.05) is 25.1 Å². The van der Waals surface area contributed by atoms with Crippen LogP contribution in [0.2, 0.25) is 0 Å². The fraction of sp³-hybridized carbons (Fsp3) is 0.538. The topological polar surface area (TPSA) is 29.5 Å². The van der Waals surface area contributed by atoms with Crippen LogP contribution in [0.5, 0.6) is 5.75 Å². The normalized spacial score (nSPS) is 12.9. The van der Waals surface area contributed by atoms with E-state index in [2.05, 4.69) is 13.8 Å². The molecule has 0 saturated carbocycles. The second-order valence-electron chi connectivity index (χ2n) is 4.37. The van der Waals surface area contributed by atoms with E-state index in [-0.39, 0.29) is 0 Å². The summed E-state index contributed by atoms with van der Waals surface area (Å²) in [7, 11) is 0. The maximum atomic E-state index is 9.61. The first-order valence-corrected chi connectivity index (χ1v) is 5.42. The smallest absolute Gasteiger partial charge is 0.127 e. The number of aryl methyl sites for hydroxylation is 1. The van der Waals surface area contributed by atoms with Crippen molar-refractivity contribution in [1.29, 1.82) is 0 Å². The lowest BCUT2D eigenvalue weighted by Gasteiger charge is -2.16. The minimum absolute atomic E-state index is 0.480. The summed E-state index contributed by atoms with van der Waals surface area (Å²) in [4.78, 5) is 0. The summed E-state index contributed by atoms with van der Waals surface area (Å²) in [6.07, 6.45) is -0.480. The van der Waals surface area contributed by atoms with Crippen LogP contribution in [0.4, 0.5) is 0 Å². The van der Waals surface area contributed by atoms with Crippen molar-refractivity contribution in [1.82, 2.24) is 0 Å². The summed E-state index contributed by atoms with van der Waals surface area (Å²) in [5.41, 5.74) is 1.95. The molecule has 1 aromatic rings. The van der Waals surface area contributed by atoms with E-state index in [4.69, 9.17) is 4.74 Å². The van der Waals surface area contributed by atoms with Crippen molar-refractivity contribution < 1.29 is 9.84 Å². The average molecular weight is 208 g/mol. The van der Waals surface area contributed by atoms with Crippen LogP contribution in [0.1, 0.15) is 38.0 Å². The number of aliphatic hydroxyl groups is 1. The number of hydrogen-bond donors (Lipinski definition) is 1. The van der Waals surface area contributed by atoms with Crippen molar-refractivity contribution in [2.75, 3.05) is 6.61 Å². The number of para-hydroxylation sites is 1. The van der Waals surface area contributed by atoms with E-state index in [1.54, 1.807) is 6.92 Å². The second-order valence-corrected chi connectivity index (χ2v) is 4.37. The Hall–Kier alpha value is -1.02. The molecule has 0 aliphatic heterocycles. The highest BCUT2D eigenvalue weighted by atomic mass is 16.5. The van der Waals surface area contributed by atoms with Crippen molar-refractivity contribution in [3.63, 3.8) is 0 Å². The van der Waals surface area contributed by atoms with Crippen molar-refractivity contribution in [3.8, 4) is 5.75 Å². The quantitative estimate of drug-likeness (QED) is 0.824. The van der Waals surface area contributed by atoms with Crippen molar-refractivity contribution in [3.05, 3.63) is 29.3 Å². The van der Waals surface area contributed by atoms with Gasteiger partial charge in [-0.25, -0.2) is 0 Å². The molecule has 2 nitrogen and oxygen atoms in total. The monoisotopic (exact) mass is 208 g/mol. The van der Waals surface area contributed by atoms with Crippen molar-refractivity contribution in [2.45, 2.75) is 33.8 Å². The highest BCUT2D eigenvalue weighted by molar-refractivity contribution is 5.41. The van der Waals surface area contributed by atoms with Gasteiger partial charge in [-0.1, -0.05) is 32.0 Å². The van der Waals surface area contributed by atoms with E-state index >= 15 is 0 Å². The molecule has 2 heteroatoms. The summed E-state index contributed by atoms with van der Waals surface area (Å²) >= 11 is 0. The number of hydrogen-bond acceptors (Lipinski definition) is 2. The minimum Gasteiger partial charge on any atom is -0.493 e. The molecule has 0 aliphatic carbocycles. The summed E-state index contributed by atoms with van der Waals surface area (Å²) < 4.78 is 5.73. The maximum Gasteiger partial charge on any atom is 0.127 e. The van der Waals surface area contributed by atoms with E-state index in [0.29, 0.717) is 12.5 Å². The van der Waals surface area contributed by atoms with Crippen LogP contribution in [-0.2, 0) is 0 Å². The number of rotatable bonds is 4. The average Bonchev–Trinajstić information content (AvgIpc) is 2.15. The Labute approximate surface area is 91.9 Å². The van der Waals surface area contributed by atoms with E-state index < -0.39 is 6.10 Å². The molecule has 0 saturated heterocycles. The molecule has 0 aliphatic rings. The zero-order chi connectivity index (χ0) is 11.4. The van der Waals surface area contributed by atoms with Crippen LogP contribution in [-0.4, -0.2) is 11.7 Å². The van der Waals surface area contributed by atoms with Crippen LogP contribution in [0.15, 0.2) is 18.2 Å². The van der Waals surface area contributed by atoms with Crippen LogP contribution in [0.25, 0.3) is 0 Å². The summed E-state index contributed by atoms with van der Waals surface area (Å²) in [5, 5.41) is 9.61. The van der Waals surface area contributed by atoms with Crippen LogP contribution in [0, 0.1) is 12.8 Å². The SMILES string of the molecule is Cc1cccc(C(C)O)c1OCC(C)C. The Balaban J connectivity index is 2.92. The molecule has 1 rings (SSSR count). The number of benzene rings is 1. The lowest BCUT2D eigenvalue weighted by Crippen LogP contribution is -2.08. The van der Waals surface area contributed by atoms with Gasteiger partial charge in [0, 0.05) is 5.56 Å². The Morgan fingerprint density at radius 1 is 1.27 bits per heavy atom. The zero-order valence-corrected chi connectivity index (χ0v) is 9.95. The third-order valence-corrected chi connectivity index (χ3v) is 2.25. The third kappa shape index (κ3) is 3.24. The van der Waals surface area contributed by atoms with Crippen molar-refractivity contribution >= 4 is 0 Å². The van der Waals surface area contributed by atoms with Gasteiger partial charge in [0.2, 0.25) is 0 Å². The lowest BCUT2D eigenvalue weighted by molar-refractivity contribution is 0.187.